The minimum Gasteiger partial charge on any atom is -0.464 e. The van der Waals surface area contributed by atoms with E-state index in [4.69, 9.17) is 4.74 Å². The predicted octanol–water partition coefficient (Wildman–Crippen LogP) is 3.15. The van der Waals surface area contributed by atoms with Crippen LogP contribution in [-0.2, 0) is 4.74 Å². The standard InChI is InChI=1S/C20H24N2O4/c1-5-11-22(19(24)15-9-7-6-8-10-15)12-16(23)17-13(2)18(20(25)26-4)21-14(17)3/h6-10,21H,5,11-12H2,1-4H3. The van der Waals surface area contributed by atoms with Gasteiger partial charge in [-0.25, -0.2) is 4.79 Å². The first kappa shape index (κ1) is 19.4. The van der Waals surface area contributed by atoms with Gasteiger partial charge in [0.05, 0.1) is 13.7 Å². The second kappa shape index (κ2) is 8.47. The number of benzene rings is 1. The molecule has 26 heavy (non-hydrogen) atoms. The van der Waals surface area contributed by atoms with Crippen molar-refractivity contribution in [2.45, 2.75) is 27.2 Å². The number of ether oxygens (including phenoxy) is 1. The Morgan fingerprint density at radius 1 is 1.12 bits per heavy atom. The lowest BCUT2D eigenvalue weighted by Gasteiger charge is -2.21. The van der Waals surface area contributed by atoms with Crippen LogP contribution in [0.5, 0.6) is 0 Å². The van der Waals surface area contributed by atoms with E-state index in [2.05, 4.69) is 4.98 Å². The highest BCUT2D eigenvalue weighted by atomic mass is 16.5. The monoisotopic (exact) mass is 356 g/mol. The van der Waals surface area contributed by atoms with Gasteiger partial charge in [0, 0.05) is 23.4 Å². The number of amides is 1. The van der Waals surface area contributed by atoms with Crippen LogP contribution in [0.15, 0.2) is 30.3 Å². The van der Waals surface area contributed by atoms with E-state index in [-0.39, 0.29) is 23.9 Å². The van der Waals surface area contributed by atoms with Gasteiger partial charge in [0.1, 0.15) is 5.69 Å². The van der Waals surface area contributed by atoms with Gasteiger partial charge < -0.3 is 14.6 Å². The van der Waals surface area contributed by atoms with E-state index < -0.39 is 5.97 Å². The Bertz CT molecular complexity index is 809. The van der Waals surface area contributed by atoms with Crippen LogP contribution in [-0.4, -0.2) is 47.7 Å². The fourth-order valence-corrected chi connectivity index (χ4v) is 3.01. The summed E-state index contributed by atoms with van der Waals surface area (Å²) in [6, 6.07) is 8.90. The van der Waals surface area contributed by atoms with Crippen LogP contribution in [0, 0.1) is 13.8 Å². The Morgan fingerprint density at radius 2 is 1.77 bits per heavy atom. The van der Waals surface area contributed by atoms with Crippen LogP contribution in [0.4, 0.5) is 0 Å². The van der Waals surface area contributed by atoms with Crippen LogP contribution in [0.25, 0.3) is 0 Å². The summed E-state index contributed by atoms with van der Waals surface area (Å²) < 4.78 is 4.73. The molecule has 6 heteroatoms. The number of aryl methyl sites for hydroxylation is 1. The average Bonchev–Trinajstić information content (AvgIpc) is 2.95. The third kappa shape index (κ3) is 4.02. The summed E-state index contributed by atoms with van der Waals surface area (Å²) in [5.74, 6) is -0.903. The number of ketones is 1. The first-order valence-corrected chi connectivity index (χ1v) is 8.55. The first-order valence-electron chi connectivity index (χ1n) is 8.55. The van der Waals surface area contributed by atoms with Crippen molar-refractivity contribution in [1.82, 2.24) is 9.88 Å². The minimum absolute atomic E-state index is 0.0400. The number of carbonyl (C=O) groups excluding carboxylic acids is 3. The Labute approximate surface area is 153 Å². The van der Waals surface area contributed by atoms with Gasteiger partial charge in [-0.2, -0.15) is 0 Å². The fourth-order valence-electron chi connectivity index (χ4n) is 3.01. The number of Topliss-reactive ketones (excluding diaryl/α,β-unsaturated/α-hetero) is 1. The summed E-state index contributed by atoms with van der Waals surface area (Å²) in [4.78, 5) is 41.9. The lowest BCUT2D eigenvalue weighted by molar-refractivity contribution is 0.0593. The molecular formula is C20H24N2O4. The topological polar surface area (TPSA) is 79.5 Å². The number of H-pyrrole nitrogens is 1. The molecule has 0 saturated carbocycles. The van der Waals surface area contributed by atoms with Crippen molar-refractivity contribution in [2.24, 2.45) is 0 Å². The van der Waals surface area contributed by atoms with E-state index in [1.54, 1.807) is 43.0 Å². The van der Waals surface area contributed by atoms with Gasteiger partial charge in [-0.15, -0.1) is 0 Å². The third-order valence-electron chi connectivity index (χ3n) is 4.24. The molecule has 0 atom stereocenters. The summed E-state index contributed by atoms with van der Waals surface area (Å²) in [5.41, 5.74) is 2.39. The zero-order valence-corrected chi connectivity index (χ0v) is 15.6. The molecule has 0 fully saturated rings. The summed E-state index contributed by atoms with van der Waals surface area (Å²) in [6.45, 7) is 5.83. The molecule has 6 nitrogen and oxygen atoms in total. The average molecular weight is 356 g/mol. The lowest BCUT2D eigenvalue weighted by Crippen LogP contribution is -2.36. The highest BCUT2D eigenvalue weighted by molar-refractivity contribution is 6.05. The first-order chi connectivity index (χ1) is 12.4. The van der Waals surface area contributed by atoms with E-state index in [1.165, 1.54) is 7.11 Å². The summed E-state index contributed by atoms with van der Waals surface area (Å²) >= 11 is 0. The van der Waals surface area contributed by atoms with Crippen LogP contribution >= 0.6 is 0 Å². The second-order valence-electron chi connectivity index (χ2n) is 6.13. The van der Waals surface area contributed by atoms with Gasteiger partial charge in [-0.1, -0.05) is 25.1 Å². The normalized spacial score (nSPS) is 10.5. The van der Waals surface area contributed by atoms with Crippen molar-refractivity contribution in [1.29, 1.82) is 0 Å². The fraction of sp³-hybridized carbons (Fsp3) is 0.350. The molecule has 1 N–H and O–H groups in total. The SMILES string of the molecule is CCCN(CC(=O)c1c(C)[nH]c(C(=O)OC)c1C)C(=O)c1ccccc1. The maximum Gasteiger partial charge on any atom is 0.354 e. The zero-order valence-electron chi connectivity index (χ0n) is 15.6. The summed E-state index contributed by atoms with van der Waals surface area (Å²) in [5, 5.41) is 0. The molecule has 1 aromatic heterocycles. The number of rotatable bonds is 7. The molecule has 1 heterocycles. The molecule has 0 aliphatic carbocycles. The van der Waals surface area contributed by atoms with Gasteiger partial charge in [0.25, 0.3) is 5.91 Å². The molecule has 1 amide bonds. The smallest absolute Gasteiger partial charge is 0.354 e. The zero-order chi connectivity index (χ0) is 19.3. The number of hydrogen-bond acceptors (Lipinski definition) is 4. The Hall–Kier alpha value is -2.89. The minimum atomic E-state index is -0.518. The van der Waals surface area contributed by atoms with Gasteiger partial charge in [0.15, 0.2) is 5.78 Å². The molecule has 0 radical (unpaired) electrons. The van der Waals surface area contributed by atoms with E-state index in [1.807, 2.05) is 13.0 Å². The van der Waals surface area contributed by atoms with Crippen molar-refractivity contribution >= 4 is 17.7 Å². The Kier molecular flexibility index (Phi) is 6.33. The van der Waals surface area contributed by atoms with Crippen LogP contribution in [0.3, 0.4) is 0 Å². The molecule has 0 unspecified atom stereocenters. The second-order valence-corrected chi connectivity index (χ2v) is 6.13. The van der Waals surface area contributed by atoms with Crippen LogP contribution < -0.4 is 0 Å². The molecule has 2 aromatic rings. The Morgan fingerprint density at radius 3 is 2.35 bits per heavy atom. The van der Waals surface area contributed by atoms with E-state index >= 15 is 0 Å². The molecule has 0 bridgehead atoms. The molecule has 0 saturated heterocycles. The number of hydrogen-bond donors (Lipinski definition) is 1. The van der Waals surface area contributed by atoms with Crippen molar-refractivity contribution in [3.05, 3.63) is 58.4 Å². The van der Waals surface area contributed by atoms with Crippen molar-refractivity contribution < 1.29 is 19.1 Å². The summed E-state index contributed by atoms with van der Waals surface area (Å²) in [7, 11) is 1.29. The number of aromatic amines is 1. The lowest BCUT2D eigenvalue weighted by atomic mass is 10.0. The molecule has 2 rings (SSSR count). The number of nitrogens with one attached hydrogen (secondary N) is 1. The molecule has 138 valence electrons. The van der Waals surface area contributed by atoms with E-state index in [0.29, 0.717) is 28.9 Å². The molecule has 0 aliphatic rings. The van der Waals surface area contributed by atoms with Crippen molar-refractivity contribution in [3.8, 4) is 0 Å². The van der Waals surface area contributed by atoms with Crippen molar-refractivity contribution in [2.75, 3.05) is 20.2 Å². The number of esters is 1. The largest absolute Gasteiger partial charge is 0.464 e. The quantitative estimate of drug-likeness (QED) is 0.610. The number of nitrogens with zero attached hydrogens (tertiary/aromatic N) is 1. The predicted molar refractivity (Wildman–Crippen MR) is 98.6 cm³/mol. The molecule has 0 spiro atoms. The van der Waals surface area contributed by atoms with Crippen LogP contribution in [0.1, 0.15) is 55.8 Å². The summed E-state index contributed by atoms with van der Waals surface area (Å²) in [6.07, 6.45) is 0.740. The molecular weight excluding hydrogens is 332 g/mol. The molecule has 1 aromatic carbocycles. The van der Waals surface area contributed by atoms with E-state index in [0.717, 1.165) is 6.42 Å². The third-order valence-corrected chi connectivity index (χ3v) is 4.24. The van der Waals surface area contributed by atoms with Crippen molar-refractivity contribution in [3.63, 3.8) is 0 Å². The number of carbonyl (C=O) groups is 3. The maximum atomic E-state index is 12.9. The van der Waals surface area contributed by atoms with Gasteiger partial charge >= 0.3 is 5.97 Å². The van der Waals surface area contributed by atoms with Crippen LogP contribution in [0.2, 0.25) is 0 Å². The number of methoxy groups -OCH3 is 1. The highest BCUT2D eigenvalue weighted by Crippen LogP contribution is 2.20. The number of aromatic nitrogens is 1. The van der Waals surface area contributed by atoms with Gasteiger partial charge in [-0.05, 0) is 38.0 Å². The van der Waals surface area contributed by atoms with Gasteiger partial charge in [-0.3, -0.25) is 9.59 Å². The van der Waals surface area contributed by atoms with E-state index in [9.17, 15) is 14.4 Å². The highest BCUT2D eigenvalue weighted by Gasteiger charge is 2.25. The molecule has 0 aliphatic heterocycles. The Balaban J connectivity index is 2.27. The maximum absolute atomic E-state index is 12.9. The van der Waals surface area contributed by atoms with Gasteiger partial charge in [0.2, 0.25) is 0 Å².